The van der Waals surface area contributed by atoms with Crippen LogP contribution in [-0.4, -0.2) is 45.0 Å². The van der Waals surface area contributed by atoms with Crippen molar-refractivity contribution in [2.24, 2.45) is 28.6 Å². The average molecular weight is 411 g/mol. The predicted molar refractivity (Wildman–Crippen MR) is 104 cm³/mol. The second-order valence-corrected chi connectivity index (χ2v) is 10.3. The fraction of sp³-hybridized carbons (Fsp3) is 0.727. The van der Waals surface area contributed by atoms with E-state index in [0.717, 1.165) is 5.57 Å². The summed E-state index contributed by atoms with van der Waals surface area (Å²) in [5, 5.41) is 20.9. The topological polar surface area (TPSA) is 74.6 Å². The van der Waals surface area contributed by atoms with Crippen LogP contribution in [0.1, 0.15) is 46.5 Å². The number of halogens is 2. The zero-order chi connectivity index (χ0) is 20.7. The minimum Gasteiger partial charge on any atom is -0.388 e. The van der Waals surface area contributed by atoms with Gasteiger partial charge in [-0.05, 0) is 55.6 Å². The summed E-state index contributed by atoms with van der Waals surface area (Å²) in [5.74, 6) is -1.51. The number of hydrogen-bond acceptors (Lipinski definition) is 4. The molecule has 0 aromatic carbocycles. The molecule has 0 aromatic rings. The maximum Gasteiger partial charge on any atom is 0.190 e. The van der Waals surface area contributed by atoms with E-state index in [-0.39, 0.29) is 30.0 Å². The van der Waals surface area contributed by atoms with Gasteiger partial charge in [0.25, 0.3) is 0 Å². The van der Waals surface area contributed by atoms with Crippen molar-refractivity contribution in [1.29, 1.82) is 0 Å². The van der Waals surface area contributed by atoms with Gasteiger partial charge in [0.2, 0.25) is 0 Å². The Morgan fingerprint density at radius 3 is 2.68 bits per heavy atom. The van der Waals surface area contributed by atoms with E-state index in [9.17, 15) is 19.8 Å². The number of carbonyl (C=O) groups excluding carboxylic acids is 2. The van der Waals surface area contributed by atoms with Gasteiger partial charge in [0, 0.05) is 10.8 Å². The van der Waals surface area contributed by atoms with Gasteiger partial charge in [-0.2, -0.15) is 0 Å². The van der Waals surface area contributed by atoms with Gasteiger partial charge in [-0.1, -0.05) is 32.4 Å². The number of aliphatic hydroxyl groups is 2. The lowest BCUT2D eigenvalue weighted by atomic mass is 9.46. The number of allylic oxidation sites excluding steroid dienone is 4. The van der Waals surface area contributed by atoms with Crippen LogP contribution in [0, 0.1) is 28.6 Å². The fourth-order valence-electron chi connectivity index (χ4n) is 7.20. The van der Waals surface area contributed by atoms with Gasteiger partial charge in [-0.25, -0.2) is 4.39 Å². The van der Waals surface area contributed by atoms with E-state index < -0.39 is 39.9 Å². The van der Waals surface area contributed by atoms with E-state index in [1.807, 2.05) is 6.92 Å². The minimum atomic E-state index is -1.76. The van der Waals surface area contributed by atoms with Crippen LogP contribution in [-0.2, 0) is 9.59 Å². The Morgan fingerprint density at radius 1 is 1.36 bits per heavy atom. The molecule has 0 bridgehead atoms. The molecule has 0 aromatic heterocycles. The molecule has 0 amide bonds. The Morgan fingerprint density at radius 2 is 2.04 bits per heavy atom. The molecular weight excluding hydrogens is 383 g/mol. The number of alkyl halides is 2. The Bertz CT molecular complexity index is 808. The Kier molecular flexibility index (Phi) is 4.33. The zero-order valence-electron chi connectivity index (χ0n) is 16.5. The molecule has 0 radical (unpaired) electrons. The standard InChI is InChI=1S/C22H28ClFO4/c1-12-8-16-15-5-4-13-9-14(26)6-7-19(13,2)21(15,23)17(24)10-20(16,3)22(12,28)18(27)11-25/h6-7,9,12,15-17,25,28H,4-5,8,10-11H2,1-3H3/t12?,15-,16-,17?,19-,20-,21-,22-/m0/s1. The van der Waals surface area contributed by atoms with E-state index >= 15 is 4.39 Å². The van der Waals surface area contributed by atoms with E-state index in [4.69, 9.17) is 11.6 Å². The van der Waals surface area contributed by atoms with Crippen molar-refractivity contribution in [1.82, 2.24) is 0 Å². The third-order valence-corrected chi connectivity index (χ3v) is 9.66. The molecule has 4 rings (SSSR count). The van der Waals surface area contributed by atoms with Gasteiger partial charge < -0.3 is 10.2 Å². The summed E-state index contributed by atoms with van der Waals surface area (Å²) >= 11 is 7.18. The number of carbonyl (C=O) groups is 2. The normalized spacial score (nSPS) is 52.5. The molecule has 8 atom stereocenters. The summed E-state index contributed by atoms with van der Waals surface area (Å²) in [7, 11) is 0. The van der Waals surface area contributed by atoms with Crippen LogP contribution >= 0.6 is 11.6 Å². The molecule has 4 aliphatic carbocycles. The minimum absolute atomic E-state index is 0.0467. The van der Waals surface area contributed by atoms with Crippen LogP contribution in [0.4, 0.5) is 4.39 Å². The Balaban J connectivity index is 1.84. The highest BCUT2D eigenvalue weighted by Gasteiger charge is 2.74. The molecule has 0 spiro atoms. The smallest absolute Gasteiger partial charge is 0.190 e. The summed E-state index contributed by atoms with van der Waals surface area (Å²) in [5.41, 5.74) is -2.66. The van der Waals surface area contributed by atoms with Crippen LogP contribution in [0.5, 0.6) is 0 Å². The molecule has 3 saturated carbocycles. The SMILES string of the molecule is CC1C[C@H]2[C@@H]3CCC4=CC(=O)C=C[C@]4(C)[C@@]3(Cl)C(F)C[C@]2(C)[C@@]1(O)C(=O)CO. The first-order valence-electron chi connectivity index (χ1n) is 10.1. The van der Waals surface area contributed by atoms with Crippen molar-refractivity contribution in [2.45, 2.75) is 63.1 Å². The first-order valence-corrected chi connectivity index (χ1v) is 10.5. The molecule has 28 heavy (non-hydrogen) atoms. The maximum absolute atomic E-state index is 16.0. The van der Waals surface area contributed by atoms with Crippen molar-refractivity contribution in [3.63, 3.8) is 0 Å². The van der Waals surface area contributed by atoms with Crippen molar-refractivity contribution in [2.75, 3.05) is 6.61 Å². The lowest BCUT2D eigenvalue weighted by molar-refractivity contribution is -0.174. The lowest BCUT2D eigenvalue weighted by Crippen LogP contribution is -2.68. The number of aliphatic hydroxyl groups excluding tert-OH is 1. The first-order chi connectivity index (χ1) is 13.0. The number of Topliss-reactive ketones (excluding diaryl/α,β-unsaturated/α-hetero) is 1. The quantitative estimate of drug-likeness (QED) is 0.686. The number of hydrogen-bond donors (Lipinski definition) is 2. The molecule has 6 heteroatoms. The highest BCUT2D eigenvalue weighted by molar-refractivity contribution is 6.26. The predicted octanol–water partition coefficient (Wildman–Crippen LogP) is 3.14. The number of rotatable bonds is 2. The molecule has 0 aliphatic heterocycles. The van der Waals surface area contributed by atoms with Crippen molar-refractivity contribution < 1.29 is 24.2 Å². The molecular formula is C22H28ClFO4. The van der Waals surface area contributed by atoms with Gasteiger partial charge >= 0.3 is 0 Å². The second-order valence-electron chi connectivity index (χ2n) is 9.70. The van der Waals surface area contributed by atoms with E-state index in [1.54, 1.807) is 26.0 Å². The van der Waals surface area contributed by atoms with Gasteiger partial charge in [0.05, 0.1) is 4.87 Å². The molecule has 3 fully saturated rings. The van der Waals surface area contributed by atoms with E-state index in [2.05, 4.69) is 0 Å². The summed E-state index contributed by atoms with van der Waals surface area (Å²) in [6.07, 6.45) is 5.12. The Labute approximate surface area is 169 Å². The molecule has 4 nitrogen and oxygen atoms in total. The third kappa shape index (κ3) is 2.08. The highest BCUT2D eigenvalue weighted by atomic mass is 35.5. The average Bonchev–Trinajstić information content (AvgIpc) is 2.84. The van der Waals surface area contributed by atoms with E-state index in [0.29, 0.717) is 19.3 Å². The van der Waals surface area contributed by atoms with Gasteiger partial charge in [-0.15, -0.1) is 11.6 Å². The Hall–Kier alpha value is -1.04. The summed E-state index contributed by atoms with van der Waals surface area (Å²) in [6, 6.07) is 0. The van der Waals surface area contributed by atoms with E-state index in [1.165, 1.54) is 6.08 Å². The lowest BCUT2D eigenvalue weighted by Gasteiger charge is -2.63. The summed E-state index contributed by atoms with van der Waals surface area (Å²) in [6.45, 7) is 4.73. The monoisotopic (exact) mass is 410 g/mol. The van der Waals surface area contributed by atoms with Crippen LogP contribution < -0.4 is 0 Å². The zero-order valence-corrected chi connectivity index (χ0v) is 17.3. The molecule has 4 aliphatic rings. The second kappa shape index (κ2) is 5.99. The van der Waals surface area contributed by atoms with Crippen LogP contribution in [0.3, 0.4) is 0 Å². The molecule has 154 valence electrons. The van der Waals surface area contributed by atoms with Crippen LogP contribution in [0.15, 0.2) is 23.8 Å². The van der Waals surface area contributed by atoms with Crippen molar-refractivity contribution >= 4 is 23.2 Å². The molecule has 0 saturated heterocycles. The number of fused-ring (bicyclic) bond motifs is 5. The van der Waals surface area contributed by atoms with Gasteiger partial charge in [0.1, 0.15) is 18.4 Å². The fourth-order valence-corrected chi connectivity index (χ4v) is 7.72. The first kappa shape index (κ1) is 20.2. The maximum atomic E-state index is 16.0. The van der Waals surface area contributed by atoms with Gasteiger partial charge in [-0.3, -0.25) is 9.59 Å². The van der Waals surface area contributed by atoms with Gasteiger partial charge in [0.15, 0.2) is 11.6 Å². The summed E-state index contributed by atoms with van der Waals surface area (Å²) in [4.78, 5) is 23.2. The third-order valence-electron chi connectivity index (χ3n) is 8.75. The molecule has 2 N–H and O–H groups in total. The highest BCUT2D eigenvalue weighted by Crippen LogP contribution is 2.71. The molecule has 0 heterocycles. The van der Waals surface area contributed by atoms with Crippen molar-refractivity contribution in [3.05, 3.63) is 23.8 Å². The number of ketones is 2. The largest absolute Gasteiger partial charge is 0.388 e. The van der Waals surface area contributed by atoms with Crippen LogP contribution in [0.25, 0.3) is 0 Å². The van der Waals surface area contributed by atoms with Crippen LogP contribution in [0.2, 0.25) is 0 Å². The molecule has 2 unspecified atom stereocenters. The van der Waals surface area contributed by atoms with Crippen molar-refractivity contribution in [3.8, 4) is 0 Å². The summed E-state index contributed by atoms with van der Waals surface area (Å²) < 4.78 is 16.0.